The lowest BCUT2D eigenvalue weighted by molar-refractivity contribution is 0.0901. The van der Waals surface area contributed by atoms with E-state index in [4.69, 9.17) is 0 Å². The minimum Gasteiger partial charge on any atom is -0.345 e. The first-order chi connectivity index (χ1) is 12.8. The summed E-state index contributed by atoms with van der Waals surface area (Å²) in [5.41, 5.74) is 3.10. The fraction of sp³-hybridized carbons (Fsp3) is 0.750. The van der Waals surface area contributed by atoms with E-state index in [-0.39, 0.29) is 11.5 Å². The summed E-state index contributed by atoms with van der Waals surface area (Å²) in [6.45, 7) is 8.62. The van der Waals surface area contributed by atoms with Crippen molar-refractivity contribution in [2.75, 3.05) is 38.5 Å². The third kappa shape index (κ3) is 4.46. The molecule has 0 amide bonds. The number of rotatable bonds is 7. The normalized spacial score (nSPS) is 20.4. The fourth-order valence-electron chi connectivity index (χ4n) is 4.62. The Morgan fingerprint density at radius 2 is 1.74 bits per heavy atom. The SMILES string of the molecule is CCCS(=O)(=O)N1CCN(CC(=O)c2cc(C)n(C3CCCC3)c2C)CC1. The molecule has 0 unspecified atom stereocenters. The summed E-state index contributed by atoms with van der Waals surface area (Å²) in [7, 11) is -3.14. The number of piperazine rings is 1. The number of hydrogen-bond donors (Lipinski definition) is 0. The van der Waals surface area contributed by atoms with Gasteiger partial charge >= 0.3 is 0 Å². The van der Waals surface area contributed by atoms with Crippen LogP contribution in [-0.2, 0) is 10.0 Å². The van der Waals surface area contributed by atoms with Crippen molar-refractivity contribution < 1.29 is 13.2 Å². The van der Waals surface area contributed by atoms with Gasteiger partial charge in [-0.3, -0.25) is 9.69 Å². The second kappa shape index (κ2) is 8.45. The van der Waals surface area contributed by atoms with Gasteiger partial charge in [-0.05, 0) is 39.2 Å². The zero-order chi connectivity index (χ0) is 19.6. The predicted octanol–water partition coefficient (Wildman–Crippen LogP) is 2.76. The van der Waals surface area contributed by atoms with Crippen molar-refractivity contribution in [3.8, 4) is 0 Å². The zero-order valence-corrected chi connectivity index (χ0v) is 17.7. The lowest BCUT2D eigenvalue weighted by Gasteiger charge is -2.33. The van der Waals surface area contributed by atoms with Crippen molar-refractivity contribution in [2.24, 2.45) is 0 Å². The molecule has 0 radical (unpaired) electrons. The Labute approximate surface area is 163 Å². The predicted molar refractivity (Wildman–Crippen MR) is 108 cm³/mol. The summed E-state index contributed by atoms with van der Waals surface area (Å²) in [6.07, 6.45) is 5.60. The second-order valence-electron chi connectivity index (χ2n) is 8.01. The summed E-state index contributed by atoms with van der Waals surface area (Å²) < 4.78 is 28.3. The number of hydrogen-bond acceptors (Lipinski definition) is 4. The number of nitrogens with zero attached hydrogens (tertiary/aromatic N) is 3. The van der Waals surface area contributed by atoms with Crippen LogP contribution in [0.25, 0.3) is 0 Å². The van der Waals surface area contributed by atoms with E-state index in [0.29, 0.717) is 45.2 Å². The number of sulfonamides is 1. The van der Waals surface area contributed by atoms with Crippen molar-refractivity contribution in [1.29, 1.82) is 0 Å². The van der Waals surface area contributed by atoms with Crippen LogP contribution in [0.15, 0.2) is 6.07 Å². The number of carbonyl (C=O) groups is 1. The number of carbonyl (C=O) groups excluding carboxylic acids is 1. The highest BCUT2D eigenvalue weighted by Gasteiger charge is 2.28. The molecule has 1 saturated heterocycles. The summed E-state index contributed by atoms with van der Waals surface area (Å²) in [5.74, 6) is 0.358. The number of aromatic nitrogens is 1. The third-order valence-corrected chi connectivity index (χ3v) is 8.10. The van der Waals surface area contributed by atoms with Crippen LogP contribution in [0.1, 0.15) is 66.8 Å². The molecule has 2 heterocycles. The van der Waals surface area contributed by atoms with E-state index in [2.05, 4.69) is 23.3 Å². The Kier molecular flexibility index (Phi) is 6.43. The van der Waals surface area contributed by atoms with Gasteiger partial charge in [-0.1, -0.05) is 19.8 Å². The van der Waals surface area contributed by atoms with Crippen LogP contribution in [0, 0.1) is 13.8 Å². The average molecular weight is 396 g/mol. The zero-order valence-electron chi connectivity index (χ0n) is 16.9. The topological polar surface area (TPSA) is 62.6 Å². The molecular weight excluding hydrogens is 362 g/mol. The van der Waals surface area contributed by atoms with Gasteiger partial charge in [0.1, 0.15) is 0 Å². The molecule has 1 aliphatic carbocycles. The van der Waals surface area contributed by atoms with Crippen LogP contribution in [0.5, 0.6) is 0 Å². The molecule has 0 spiro atoms. The highest BCUT2D eigenvalue weighted by atomic mass is 32.2. The van der Waals surface area contributed by atoms with Gasteiger partial charge in [-0.15, -0.1) is 0 Å². The molecule has 3 rings (SSSR count). The number of aryl methyl sites for hydroxylation is 1. The molecule has 7 heteroatoms. The maximum atomic E-state index is 12.9. The van der Waals surface area contributed by atoms with Crippen molar-refractivity contribution in [2.45, 2.75) is 58.9 Å². The monoisotopic (exact) mass is 395 g/mol. The van der Waals surface area contributed by atoms with Crippen molar-refractivity contribution in [3.63, 3.8) is 0 Å². The lowest BCUT2D eigenvalue weighted by atomic mass is 10.1. The summed E-state index contributed by atoms with van der Waals surface area (Å²) in [4.78, 5) is 15.0. The smallest absolute Gasteiger partial charge is 0.214 e. The van der Waals surface area contributed by atoms with Crippen LogP contribution in [0.4, 0.5) is 0 Å². The Morgan fingerprint density at radius 1 is 1.11 bits per heavy atom. The second-order valence-corrected chi connectivity index (χ2v) is 10.1. The Morgan fingerprint density at radius 3 is 2.33 bits per heavy atom. The maximum Gasteiger partial charge on any atom is 0.214 e. The minimum absolute atomic E-state index is 0.150. The van der Waals surface area contributed by atoms with E-state index >= 15 is 0 Å². The highest BCUT2D eigenvalue weighted by Crippen LogP contribution is 2.33. The third-order valence-electron chi connectivity index (χ3n) is 6.03. The van der Waals surface area contributed by atoms with E-state index in [1.54, 1.807) is 4.31 Å². The van der Waals surface area contributed by atoms with E-state index < -0.39 is 10.0 Å². The Balaban J connectivity index is 1.61. The van der Waals surface area contributed by atoms with Gasteiger partial charge in [-0.25, -0.2) is 8.42 Å². The highest BCUT2D eigenvalue weighted by molar-refractivity contribution is 7.89. The summed E-state index contributed by atoms with van der Waals surface area (Å²) >= 11 is 0. The van der Waals surface area contributed by atoms with Gasteiger partial charge in [0.05, 0.1) is 12.3 Å². The summed E-state index contributed by atoms with van der Waals surface area (Å²) in [6, 6.07) is 2.58. The van der Waals surface area contributed by atoms with E-state index in [1.807, 2.05) is 13.0 Å². The van der Waals surface area contributed by atoms with E-state index in [1.165, 1.54) is 31.4 Å². The molecule has 6 nitrogen and oxygen atoms in total. The fourth-order valence-corrected chi connectivity index (χ4v) is 6.12. The van der Waals surface area contributed by atoms with Crippen molar-refractivity contribution >= 4 is 15.8 Å². The minimum atomic E-state index is -3.14. The van der Waals surface area contributed by atoms with Gasteiger partial charge in [-0.2, -0.15) is 4.31 Å². The Hall–Kier alpha value is -1.18. The van der Waals surface area contributed by atoms with Crippen LogP contribution in [-0.4, -0.2) is 66.4 Å². The van der Waals surface area contributed by atoms with Crippen LogP contribution >= 0.6 is 0 Å². The molecule has 0 N–H and O–H groups in total. The standard InChI is InChI=1S/C20H33N3O3S/c1-4-13-27(25,26)22-11-9-21(10-12-22)15-20(24)19-14-16(2)23(17(19)3)18-7-5-6-8-18/h14,18H,4-13,15H2,1-3H3. The van der Waals surface area contributed by atoms with Crippen molar-refractivity contribution in [1.82, 2.24) is 13.8 Å². The molecule has 1 aromatic rings. The van der Waals surface area contributed by atoms with Gasteiger partial charge in [0.25, 0.3) is 0 Å². The van der Waals surface area contributed by atoms with Gasteiger partial charge in [0, 0.05) is 49.2 Å². The first kappa shape index (κ1) is 20.6. The average Bonchev–Trinajstić information content (AvgIpc) is 3.23. The number of Topliss-reactive ketones (excluding diaryl/α,β-unsaturated/α-hetero) is 1. The van der Waals surface area contributed by atoms with Crippen LogP contribution in [0.3, 0.4) is 0 Å². The maximum absolute atomic E-state index is 12.9. The first-order valence-corrected chi connectivity index (χ1v) is 11.9. The molecule has 2 fully saturated rings. The Bertz CT molecular complexity index is 771. The molecule has 0 bridgehead atoms. The molecule has 0 atom stereocenters. The first-order valence-electron chi connectivity index (χ1n) is 10.2. The molecule has 2 aliphatic rings. The molecule has 1 aliphatic heterocycles. The van der Waals surface area contributed by atoms with E-state index in [9.17, 15) is 13.2 Å². The largest absolute Gasteiger partial charge is 0.345 e. The van der Waals surface area contributed by atoms with Crippen LogP contribution in [0.2, 0.25) is 0 Å². The van der Waals surface area contributed by atoms with Crippen LogP contribution < -0.4 is 0 Å². The molecule has 1 aromatic heterocycles. The summed E-state index contributed by atoms with van der Waals surface area (Å²) in [5, 5.41) is 0. The molecular formula is C20H33N3O3S. The molecule has 0 aromatic carbocycles. The van der Waals surface area contributed by atoms with Gasteiger partial charge in [0.2, 0.25) is 10.0 Å². The molecule has 27 heavy (non-hydrogen) atoms. The lowest BCUT2D eigenvalue weighted by Crippen LogP contribution is -2.50. The van der Waals surface area contributed by atoms with Gasteiger partial charge in [0.15, 0.2) is 5.78 Å². The van der Waals surface area contributed by atoms with E-state index in [0.717, 1.165) is 11.3 Å². The van der Waals surface area contributed by atoms with Crippen molar-refractivity contribution in [3.05, 3.63) is 23.0 Å². The quantitative estimate of drug-likeness (QED) is 0.666. The van der Waals surface area contributed by atoms with Gasteiger partial charge < -0.3 is 4.57 Å². The molecule has 1 saturated carbocycles. The number of ketones is 1. The molecule has 152 valence electrons.